The molecule has 6 nitrogen and oxygen atoms in total. The Hall–Kier alpha value is -3.54. The van der Waals surface area contributed by atoms with Gasteiger partial charge in [-0.1, -0.05) is 24.3 Å². The Morgan fingerprint density at radius 3 is 2.62 bits per heavy atom. The molecule has 2 aromatic carbocycles. The highest BCUT2D eigenvalue weighted by Gasteiger charge is 2.38. The highest BCUT2D eigenvalue weighted by Crippen LogP contribution is 2.48. The third kappa shape index (κ3) is 2.71. The first-order chi connectivity index (χ1) is 14.0. The van der Waals surface area contributed by atoms with Crippen molar-refractivity contribution in [1.82, 2.24) is 9.78 Å². The monoisotopic (exact) mass is 387 g/mol. The standard InChI is InChI=1S/C23H21N3O3/c1-13-20-21(14-10-11-17(27)19(29)12-14)22-16(8-5-9-18(22)28)24-23(20)26(25-13)15-6-3-2-4-7-15/h2-4,6-7,10-12,21,24,27,29H,5,8-9H2,1H3/t21-/m1/s1. The van der Waals surface area contributed by atoms with E-state index in [4.69, 9.17) is 5.10 Å². The zero-order valence-electron chi connectivity index (χ0n) is 16.0. The number of benzene rings is 2. The molecule has 6 heteroatoms. The van der Waals surface area contributed by atoms with Crippen LogP contribution in [-0.2, 0) is 4.79 Å². The average molecular weight is 387 g/mol. The van der Waals surface area contributed by atoms with Crippen LogP contribution in [0.5, 0.6) is 11.5 Å². The largest absolute Gasteiger partial charge is 0.504 e. The van der Waals surface area contributed by atoms with E-state index >= 15 is 0 Å². The van der Waals surface area contributed by atoms with Crippen LogP contribution in [0.1, 0.15) is 42.0 Å². The van der Waals surface area contributed by atoms with Crippen LogP contribution in [-0.4, -0.2) is 25.8 Å². The lowest BCUT2D eigenvalue weighted by atomic mass is 9.76. The first-order valence-electron chi connectivity index (χ1n) is 9.74. The van der Waals surface area contributed by atoms with Crippen LogP contribution in [0.15, 0.2) is 59.8 Å². The van der Waals surface area contributed by atoms with Crippen LogP contribution in [0, 0.1) is 6.92 Å². The van der Waals surface area contributed by atoms with E-state index in [9.17, 15) is 15.0 Å². The number of phenolic OH excluding ortho intramolecular Hbond substituents is 2. The summed E-state index contributed by atoms with van der Waals surface area (Å²) >= 11 is 0. The molecule has 0 amide bonds. The lowest BCUT2D eigenvalue weighted by molar-refractivity contribution is -0.116. The number of aromatic nitrogens is 2. The van der Waals surface area contributed by atoms with E-state index in [2.05, 4.69) is 5.32 Å². The fourth-order valence-corrected chi connectivity index (χ4v) is 4.43. The van der Waals surface area contributed by atoms with E-state index < -0.39 is 0 Å². The van der Waals surface area contributed by atoms with Gasteiger partial charge in [0, 0.05) is 29.2 Å². The molecule has 0 spiro atoms. The number of nitrogens with one attached hydrogen (secondary N) is 1. The fraction of sp³-hybridized carbons (Fsp3) is 0.217. The summed E-state index contributed by atoms with van der Waals surface area (Å²) in [5, 5.41) is 28.1. The second-order valence-electron chi connectivity index (χ2n) is 7.57. The second-order valence-corrected chi connectivity index (χ2v) is 7.57. The van der Waals surface area contributed by atoms with Gasteiger partial charge >= 0.3 is 0 Å². The van der Waals surface area contributed by atoms with Gasteiger partial charge in [0.25, 0.3) is 0 Å². The summed E-state index contributed by atoms with van der Waals surface area (Å²) in [4.78, 5) is 12.9. The number of carbonyl (C=O) groups is 1. The molecule has 0 unspecified atom stereocenters. The number of aryl methyl sites for hydroxylation is 1. The molecule has 0 saturated carbocycles. The number of nitrogens with zero attached hydrogens (tertiary/aromatic N) is 2. The van der Waals surface area contributed by atoms with Gasteiger partial charge in [0.2, 0.25) is 0 Å². The minimum atomic E-state index is -0.335. The molecule has 3 aromatic rings. The number of allylic oxidation sites excluding steroid dienone is 2. The number of para-hydroxylation sites is 1. The topological polar surface area (TPSA) is 87.4 Å². The number of carbonyl (C=O) groups excluding carboxylic acids is 1. The molecule has 0 radical (unpaired) electrons. The number of aromatic hydroxyl groups is 2. The Morgan fingerprint density at radius 2 is 1.86 bits per heavy atom. The Kier molecular flexibility index (Phi) is 3.94. The lowest BCUT2D eigenvalue weighted by Crippen LogP contribution is -2.27. The van der Waals surface area contributed by atoms with Crippen molar-refractivity contribution in [3.8, 4) is 17.2 Å². The molecule has 146 valence electrons. The van der Waals surface area contributed by atoms with Gasteiger partial charge in [0.05, 0.1) is 11.4 Å². The van der Waals surface area contributed by atoms with Gasteiger partial charge in [-0.3, -0.25) is 4.79 Å². The summed E-state index contributed by atoms with van der Waals surface area (Å²) in [7, 11) is 0. The molecule has 1 aliphatic carbocycles. The van der Waals surface area contributed by atoms with E-state index in [1.807, 2.05) is 41.9 Å². The van der Waals surface area contributed by atoms with Crippen LogP contribution in [0.3, 0.4) is 0 Å². The molecule has 5 rings (SSSR count). The van der Waals surface area contributed by atoms with Crippen molar-refractivity contribution in [2.75, 3.05) is 5.32 Å². The molecule has 1 aromatic heterocycles. The molecular weight excluding hydrogens is 366 g/mol. The van der Waals surface area contributed by atoms with Gasteiger partial charge in [-0.2, -0.15) is 5.10 Å². The van der Waals surface area contributed by atoms with Crippen molar-refractivity contribution in [3.63, 3.8) is 0 Å². The number of phenols is 2. The zero-order chi connectivity index (χ0) is 20.1. The predicted octanol–water partition coefficient (Wildman–Crippen LogP) is 4.16. The zero-order valence-corrected chi connectivity index (χ0v) is 16.0. The normalized spacial score (nSPS) is 18.2. The summed E-state index contributed by atoms with van der Waals surface area (Å²) < 4.78 is 1.88. The Morgan fingerprint density at radius 1 is 1.07 bits per heavy atom. The number of rotatable bonds is 2. The van der Waals surface area contributed by atoms with Crippen molar-refractivity contribution in [2.24, 2.45) is 0 Å². The predicted molar refractivity (Wildman–Crippen MR) is 109 cm³/mol. The first-order valence-corrected chi connectivity index (χ1v) is 9.74. The highest BCUT2D eigenvalue weighted by molar-refractivity contribution is 6.01. The molecule has 2 heterocycles. The first kappa shape index (κ1) is 17.6. The summed E-state index contributed by atoms with van der Waals surface area (Å²) in [6.45, 7) is 1.94. The number of Topliss-reactive ketones (excluding diaryl/α,β-unsaturated/α-hetero) is 1. The summed E-state index contributed by atoms with van der Waals surface area (Å²) in [6.07, 6.45) is 2.12. The molecule has 2 aliphatic rings. The van der Waals surface area contributed by atoms with E-state index in [-0.39, 0.29) is 23.2 Å². The third-order valence-corrected chi connectivity index (χ3v) is 5.74. The minimum absolute atomic E-state index is 0.119. The molecule has 29 heavy (non-hydrogen) atoms. The van der Waals surface area contributed by atoms with Gasteiger partial charge < -0.3 is 15.5 Å². The number of hydrogen-bond acceptors (Lipinski definition) is 5. The highest BCUT2D eigenvalue weighted by atomic mass is 16.3. The van der Waals surface area contributed by atoms with Crippen LogP contribution in [0.4, 0.5) is 5.82 Å². The van der Waals surface area contributed by atoms with Crippen LogP contribution >= 0.6 is 0 Å². The number of fused-ring (bicyclic) bond motifs is 1. The van der Waals surface area contributed by atoms with E-state index in [1.54, 1.807) is 12.1 Å². The molecule has 0 bridgehead atoms. The smallest absolute Gasteiger partial charge is 0.161 e. The number of anilines is 1. The average Bonchev–Trinajstić information content (AvgIpc) is 3.06. The Balaban J connectivity index is 1.76. The van der Waals surface area contributed by atoms with E-state index in [0.29, 0.717) is 6.42 Å². The maximum atomic E-state index is 12.9. The minimum Gasteiger partial charge on any atom is -0.504 e. The fourth-order valence-electron chi connectivity index (χ4n) is 4.43. The van der Waals surface area contributed by atoms with Gasteiger partial charge in [-0.25, -0.2) is 4.68 Å². The second kappa shape index (κ2) is 6.51. The SMILES string of the molecule is Cc1nn(-c2ccccc2)c2c1[C@@H](c1ccc(O)c(O)c1)C1=C(CCCC1=O)N2. The molecule has 0 fully saturated rings. The van der Waals surface area contributed by atoms with E-state index in [0.717, 1.165) is 52.4 Å². The van der Waals surface area contributed by atoms with Crippen molar-refractivity contribution in [2.45, 2.75) is 32.1 Å². The summed E-state index contributed by atoms with van der Waals surface area (Å²) in [6, 6.07) is 14.6. The van der Waals surface area contributed by atoms with Gasteiger partial charge in [0.1, 0.15) is 5.82 Å². The Labute approximate surface area is 168 Å². The lowest BCUT2D eigenvalue weighted by Gasteiger charge is -2.33. The number of ketones is 1. The quantitative estimate of drug-likeness (QED) is 0.575. The van der Waals surface area contributed by atoms with Gasteiger partial charge in [-0.15, -0.1) is 0 Å². The Bertz CT molecular complexity index is 1160. The van der Waals surface area contributed by atoms with Gasteiger partial charge in [-0.05, 0) is 49.6 Å². The maximum absolute atomic E-state index is 12.9. The molecular formula is C23H21N3O3. The van der Waals surface area contributed by atoms with Gasteiger partial charge in [0.15, 0.2) is 17.3 Å². The molecule has 1 aliphatic heterocycles. The third-order valence-electron chi connectivity index (χ3n) is 5.74. The molecule has 0 saturated heterocycles. The van der Waals surface area contributed by atoms with Crippen molar-refractivity contribution >= 4 is 11.6 Å². The summed E-state index contributed by atoms with van der Waals surface area (Å²) in [5.41, 5.74) is 5.10. The van der Waals surface area contributed by atoms with Crippen molar-refractivity contribution in [3.05, 3.63) is 76.6 Å². The summed E-state index contributed by atoms with van der Waals surface area (Å²) in [5.74, 6) is 0.261. The number of hydrogen-bond donors (Lipinski definition) is 3. The van der Waals surface area contributed by atoms with Crippen molar-refractivity contribution < 1.29 is 15.0 Å². The molecule has 1 atom stereocenters. The molecule has 3 N–H and O–H groups in total. The maximum Gasteiger partial charge on any atom is 0.161 e. The van der Waals surface area contributed by atoms with Crippen LogP contribution in [0.2, 0.25) is 0 Å². The van der Waals surface area contributed by atoms with Crippen LogP contribution < -0.4 is 5.32 Å². The van der Waals surface area contributed by atoms with Crippen molar-refractivity contribution in [1.29, 1.82) is 0 Å². The van der Waals surface area contributed by atoms with Crippen LogP contribution in [0.25, 0.3) is 5.69 Å². The van der Waals surface area contributed by atoms with E-state index in [1.165, 1.54) is 6.07 Å².